The zero-order valence-corrected chi connectivity index (χ0v) is 8.51. The standard InChI is InChI=1S/C11H9ClNO/c1-7-8(2)14-11(13-7)9-3-5-10(12)6-4-9/h3-6H,2H2,1H3. The van der Waals surface area contributed by atoms with Crippen LogP contribution < -0.4 is 0 Å². The molecule has 0 unspecified atom stereocenters. The second kappa shape index (κ2) is 3.46. The summed E-state index contributed by atoms with van der Waals surface area (Å²) in [6.07, 6.45) is 0. The summed E-state index contributed by atoms with van der Waals surface area (Å²) in [4.78, 5) is 4.24. The van der Waals surface area contributed by atoms with Crippen molar-refractivity contribution in [2.75, 3.05) is 0 Å². The minimum atomic E-state index is 0.587. The van der Waals surface area contributed by atoms with E-state index in [1.54, 1.807) is 12.1 Å². The molecule has 0 aliphatic heterocycles. The van der Waals surface area contributed by atoms with E-state index < -0.39 is 0 Å². The quantitative estimate of drug-likeness (QED) is 0.714. The molecule has 0 atom stereocenters. The molecule has 1 radical (unpaired) electrons. The van der Waals surface area contributed by atoms with Crippen LogP contribution in [-0.2, 0) is 0 Å². The second-order valence-corrected chi connectivity index (χ2v) is 3.47. The first kappa shape index (κ1) is 9.28. The number of aryl methyl sites for hydroxylation is 1. The number of aromatic nitrogens is 1. The fourth-order valence-corrected chi connectivity index (χ4v) is 1.27. The van der Waals surface area contributed by atoms with Crippen LogP contribution in [0, 0.1) is 13.8 Å². The topological polar surface area (TPSA) is 26.0 Å². The number of rotatable bonds is 1. The van der Waals surface area contributed by atoms with Gasteiger partial charge in [-0.3, -0.25) is 0 Å². The van der Waals surface area contributed by atoms with Crippen LogP contribution in [0.5, 0.6) is 0 Å². The molecule has 0 aliphatic carbocycles. The smallest absolute Gasteiger partial charge is 0.226 e. The van der Waals surface area contributed by atoms with E-state index in [1.807, 2.05) is 19.1 Å². The molecule has 2 nitrogen and oxygen atoms in total. The molecule has 0 bridgehead atoms. The van der Waals surface area contributed by atoms with Crippen LogP contribution in [0.15, 0.2) is 28.7 Å². The van der Waals surface area contributed by atoms with E-state index in [-0.39, 0.29) is 0 Å². The van der Waals surface area contributed by atoms with Crippen molar-refractivity contribution in [3.05, 3.63) is 47.7 Å². The third-order valence-corrected chi connectivity index (χ3v) is 2.24. The average Bonchev–Trinajstić information content (AvgIpc) is 2.48. The van der Waals surface area contributed by atoms with Gasteiger partial charge in [-0.2, -0.15) is 0 Å². The maximum absolute atomic E-state index is 5.77. The van der Waals surface area contributed by atoms with Crippen molar-refractivity contribution >= 4 is 11.6 Å². The molecule has 1 aromatic carbocycles. The van der Waals surface area contributed by atoms with Gasteiger partial charge in [0, 0.05) is 17.5 Å². The van der Waals surface area contributed by atoms with Gasteiger partial charge in [-0.25, -0.2) is 4.98 Å². The minimum absolute atomic E-state index is 0.587. The molecule has 0 spiro atoms. The number of oxazole rings is 1. The Hall–Kier alpha value is -1.28. The van der Waals surface area contributed by atoms with E-state index in [1.165, 1.54) is 0 Å². The van der Waals surface area contributed by atoms with E-state index >= 15 is 0 Å². The number of hydrogen-bond donors (Lipinski definition) is 0. The zero-order valence-electron chi connectivity index (χ0n) is 7.75. The van der Waals surface area contributed by atoms with Crippen LogP contribution in [0.3, 0.4) is 0 Å². The summed E-state index contributed by atoms with van der Waals surface area (Å²) in [5.74, 6) is 1.19. The van der Waals surface area contributed by atoms with Crippen LogP contribution in [-0.4, -0.2) is 4.98 Å². The summed E-state index contributed by atoms with van der Waals surface area (Å²) < 4.78 is 5.37. The lowest BCUT2D eigenvalue weighted by molar-refractivity contribution is 0.555. The normalized spacial score (nSPS) is 10.5. The molecular formula is C11H9ClNO. The van der Waals surface area contributed by atoms with Gasteiger partial charge in [-0.15, -0.1) is 0 Å². The van der Waals surface area contributed by atoms with Crippen LogP contribution in [0.4, 0.5) is 0 Å². The first-order valence-electron chi connectivity index (χ1n) is 4.22. The van der Waals surface area contributed by atoms with E-state index in [2.05, 4.69) is 11.9 Å². The molecule has 2 rings (SSSR count). The Kier molecular flexibility index (Phi) is 2.30. The molecule has 3 heteroatoms. The minimum Gasteiger partial charge on any atom is -0.441 e. The third-order valence-electron chi connectivity index (χ3n) is 1.98. The SMILES string of the molecule is [CH2]c1oc(-c2ccc(Cl)cc2)nc1C. The fourth-order valence-electron chi connectivity index (χ4n) is 1.14. The summed E-state index contributed by atoms with van der Waals surface area (Å²) in [5.41, 5.74) is 1.72. The van der Waals surface area contributed by atoms with Gasteiger partial charge in [0.1, 0.15) is 5.76 Å². The van der Waals surface area contributed by atoms with E-state index in [4.69, 9.17) is 16.0 Å². The van der Waals surface area contributed by atoms with Gasteiger partial charge < -0.3 is 4.42 Å². The Labute approximate surface area is 87.5 Å². The molecule has 0 aliphatic rings. The monoisotopic (exact) mass is 206 g/mol. The van der Waals surface area contributed by atoms with Gasteiger partial charge in [-0.05, 0) is 31.2 Å². The molecule has 0 fully saturated rings. The third kappa shape index (κ3) is 1.66. The predicted octanol–water partition coefficient (Wildman–Crippen LogP) is 3.49. The Morgan fingerprint density at radius 1 is 1.29 bits per heavy atom. The molecule has 1 aromatic heterocycles. The summed E-state index contributed by atoms with van der Waals surface area (Å²) in [5, 5.41) is 0.701. The van der Waals surface area contributed by atoms with Crippen molar-refractivity contribution < 1.29 is 4.42 Å². The lowest BCUT2D eigenvalue weighted by atomic mass is 10.2. The maximum atomic E-state index is 5.77. The molecular weight excluding hydrogens is 198 g/mol. The molecule has 0 amide bonds. The van der Waals surface area contributed by atoms with Crippen molar-refractivity contribution in [1.29, 1.82) is 0 Å². The Morgan fingerprint density at radius 2 is 1.93 bits per heavy atom. The van der Waals surface area contributed by atoms with Gasteiger partial charge in [-0.1, -0.05) is 11.6 Å². The fraction of sp³-hybridized carbons (Fsp3) is 0.0909. The maximum Gasteiger partial charge on any atom is 0.226 e. The number of benzene rings is 1. The van der Waals surface area contributed by atoms with E-state index in [9.17, 15) is 0 Å². The first-order valence-corrected chi connectivity index (χ1v) is 4.60. The predicted molar refractivity (Wildman–Crippen MR) is 56.1 cm³/mol. The van der Waals surface area contributed by atoms with Crippen LogP contribution in [0.25, 0.3) is 11.5 Å². The van der Waals surface area contributed by atoms with Gasteiger partial charge in [0.05, 0.1) is 5.69 Å². The van der Waals surface area contributed by atoms with Crippen molar-refractivity contribution in [3.63, 3.8) is 0 Å². The highest BCUT2D eigenvalue weighted by Crippen LogP contribution is 2.22. The van der Waals surface area contributed by atoms with Crippen LogP contribution >= 0.6 is 11.6 Å². The van der Waals surface area contributed by atoms with Gasteiger partial charge in [0.25, 0.3) is 0 Å². The average molecular weight is 207 g/mol. The second-order valence-electron chi connectivity index (χ2n) is 3.03. The highest BCUT2D eigenvalue weighted by atomic mass is 35.5. The van der Waals surface area contributed by atoms with Crippen molar-refractivity contribution in [2.24, 2.45) is 0 Å². The summed E-state index contributed by atoms with van der Waals surface area (Å²) in [6.45, 7) is 5.59. The number of hydrogen-bond acceptors (Lipinski definition) is 2. The molecule has 71 valence electrons. The lowest BCUT2D eigenvalue weighted by Gasteiger charge is -1.94. The molecule has 1 heterocycles. The van der Waals surface area contributed by atoms with Crippen molar-refractivity contribution in [1.82, 2.24) is 4.98 Å². The van der Waals surface area contributed by atoms with Crippen molar-refractivity contribution in [3.8, 4) is 11.5 Å². The molecule has 2 aromatic rings. The zero-order chi connectivity index (χ0) is 10.1. The lowest BCUT2D eigenvalue weighted by Crippen LogP contribution is -1.77. The van der Waals surface area contributed by atoms with Crippen LogP contribution in [0.2, 0.25) is 5.02 Å². The van der Waals surface area contributed by atoms with Crippen molar-refractivity contribution in [2.45, 2.75) is 6.92 Å². The number of nitrogens with zero attached hydrogens (tertiary/aromatic N) is 1. The molecule has 0 saturated carbocycles. The van der Waals surface area contributed by atoms with Crippen LogP contribution in [0.1, 0.15) is 11.5 Å². The summed E-state index contributed by atoms with van der Waals surface area (Å²) >= 11 is 5.77. The van der Waals surface area contributed by atoms with E-state index in [0.717, 1.165) is 11.3 Å². The van der Waals surface area contributed by atoms with Gasteiger partial charge >= 0.3 is 0 Å². The Bertz CT molecular complexity index is 425. The number of halogens is 1. The van der Waals surface area contributed by atoms with Gasteiger partial charge in [0.15, 0.2) is 0 Å². The van der Waals surface area contributed by atoms with E-state index in [0.29, 0.717) is 16.7 Å². The molecule has 14 heavy (non-hydrogen) atoms. The Balaban J connectivity index is 2.44. The Morgan fingerprint density at radius 3 is 2.43 bits per heavy atom. The summed E-state index contributed by atoms with van der Waals surface area (Å²) in [7, 11) is 0. The highest BCUT2D eigenvalue weighted by molar-refractivity contribution is 6.30. The summed E-state index contributed by atoms with van der Waals surface area (Å²) in [6, 6.07) is 7.35. The first-order chi connectivity index (χ1) is 6.66. The largest absolute Gasteiger partial charge is 0.441 e. The van der Waals surface area contributed by atoms with Gasteiger partial charge in [0.2, 0.25) is 5.89 Å². The molecule has 0 N–H and O–H groups in total. The molecule has 0 saturated heterocycles. The highest BCUT2D eigenvalue weighted by Gasteiger charge is 2.07.